The molecule has 0 saturated carbocycles. The molecule has 0 heterocycles. The number of halogens is 1. The van der Waals surface area contributed by atoms with Crippen LogP contribution in [-0.2, 0) is 6.42 Å². The molecule has 0 aliphatic carbocycles. The van der Waals surface area contributed by atoms with Crippen LogP contribution in [0.3, 0.4) is 0 Å². The molecule has 5 heteroatoms. The number of nitrogens with one attached hydrogen (secondary N) is 2. The third kappa shape index (κ3) is 4.91. The van der Waals surface area contributed by atoms with Gasteiger partial charge in [-0.1, -0.05) is 30.3 Å². The molecule has 26 heavy (non-hydrogen) atoms. The van der Waals surface area contributed by atoms with E-state index >= 15 is 0 Å². The molecule has 4 nitrogen and oxygen atoms in total. The number of carbonyl (C=O) groups is 2. The van der Waals surface area contributed by atoms with E-state index in [0.29, 0.717) is 17.5 Å². The Labute approximate surface area is 153 Å². The third-order valence-corrected chi connectivity index (χ3v) is 4.04. The first-order valence-electron chi connectivity index (χ1n) is 8.74. The van der Waals surface area contributed by atoms with Crippen LogP contribution in [0.1, 0.15) is 52.6 Å². The van der Waals surface area contributed by atoms with Gasteiger partial charge >= 0.3 is 0 Å². The van der Waals surface area contributed by atoms with Gasteiger partial charge in [0.25, 0.3) is 11.8 Å². The number of amides is 2. The summed E-state index contributed by atoms with van der Waals surface area (Å²) in [7, 11) is 0. The fourth-order valence-corrected chi connectivity index (χ4v) is 2.76. The standard InChI is InChI=1S/C21H25FN2O2/c1-13(2)23-21(26)18-11-7-9-16(19(18)22)12-15(4)24-20(25)17-10-6-5-8-14(17)3/h5-11,13,15H,12H2,1-4H3,(H,23,26)(H,24,25). The molecule has 2 aromatic carbocycles. The van der Waals surface area contributed by atoms with Crippen LogP contribution in [0.4, 0.5) is 4.39 Å². The van der Waals surface area contributed by atoms with Gasteiger partial charge in [0.05, 0.1) is 5.56 Å². The Morgan fingerprint density at radius 2 is 1.54 bits per heavy atom. The summed E-state index contributed by atoms with van der Waals surface area (Å²) in [6.45, 7) is 7.33. The predicted octanol–water partition coefficient (Wildman–Crippen LogP) is 3.63. The fourth-order valence-electron chi connectivity index (χ4n) is 2.76. The van der Waals surface area contributed by atoms with Crippen LogP contribution in [-0.4, -0.2) is 23.9 Å². The van der Waals surface area contributed by atoms with E-state index < -0.39 is 11.7 Å². The molecule has 2 amide bonds. The Balaban J connectivity index is 2.09. The summed E-state index contributed by atoms with van der Waals surface area (Å²) in [5, 5.41) is 5.58. The van der Waals surface area contributed by atoms with Crippen LogP contribution < -0.4 is 10.6 Å². The zero-order valence-corrected chi connectivity index (χ0v) is 15.6. The first-order chi connectivity index (χ1) is 12.3. The molecule has 2 N–H and O–H groups in total. The lowest BCUT2D eigenvalue weighted by atomic mass is 10.0. The molecule has 1 atom stereocenters. The second kappa shape index (κ2) is 8.61. The van der Waals surface area contributed by atoms with E-state index in [9.17, 15) is 14.0 Å². The maximum Gasteiger partial charge on any atom is 0.254 e. The number of benzene rings is 2. The van der Waals surface area contributed by atoms with Crippen LogP contribution >= 0.6 is 0 Å². The van der Waals surface area contributed by atoms with Crippen molar-refractivity contribution in [1.29, 1.82) is 0 Å². The Morgan fingerprint density at radius 1 is 0.923 bits per heavy atom. The SMILES string of the molecule is Cc1ccccc1C(=O)NC(C)Cc1cccc(C(=O)NC(C)C)c1F. The molecule has 0 radical (unpaired) electrons. The summed E-state index contributed by atoms with van der Waals surface area (Å²) in [6, 6.07) is 11.7. The molecule has 2 rings (SSSR count). The summed E-state index contributed by atoms with van der Waals surface area (Å²) < 4.78 is 14.7. The topological polar surface area (TPSA) is 58.2 Å². The molecular weight excluding hydrogens is 331 g/mol. The van der Waals surface area contributed by atoms with E-state index in [0.717, 1.165) is 5.56 Å². The summed E-state index contributed by atoms with van der Waals surface area (Å²) in [5.41, 5.74) is 1.91. The molecule has 0 spiro atoms. The lowest BCUT2D eigenvalue weighted by molar-refractivity contribution is 0.0928. The van der Waals surface area contributed by atoms with Gasteiger partial charge in [-0.15, -0.1) is 0 Å². The first-order valence-corrected chi connectivity index (χ1v) is 8.74. The van der Waals surface area contributed by atoms with Gasteiger partial charge in [-0.25, -0.2) is 4.39 Å². The quantitative estimate of drug-likeness (QED) is 0.830. The minimum atomic E-state index is -0.539. The van der Waals surface area contributed by atoms with Crippen molar-refractivity contribution in [3.8, 4) is 0 Å². The smallest absolute Gasteiger partial charge is 0.254 e. The molecule has 2 aromatic rings. The van der Waals surface area contributed by atoms with Gasteiger partial charge in [-0.2, -0.15) is 0 Å². The van der Waals surface area contributed by atoms with Crippen LogP contribution in [0.5, 0.6) is 0 Å². The second-order valence-corrected chi connectivity index (χ2v) is 6.80. The van der Waals surface area contributed by atoms with E-state index in [1.165, 1.54) is 6.07 Å². The summed E-state index contributed by atoms with van der Waals surface area (Å²) in [5.74, 6) is -1.16. The van der Waals surface area contributed by atoms with Crippen molar-refractivity contribution >= 4 is 11.8 Å². The van der Waals surface area contributed by atoms with Crippen molar-refractivity contribution < 1.29 is 14.0 Å². The molecule has 1 unspecified atom stereocenters. The van der Waals surface area contributed by atoms with E-state index in [1.807, 2.05) is 45.9 Å². The summed E-state index contributed by atoms with van der Waals surface area (Å²) >= 11 is 0. The minimum absolute atomic E-state index is 0.0219. The van der Waals surface area contributed by atoms with Crippen molar-refractivity contribution in [2.24, 2.45) is 0 Å². The lowest BCUT2D eigenvalue weighted by Crippen LogP contribution is -2.35. The van der Waals surface area contributed by atoms with E-state index in [1.54, 1.807) is 18.2 Å². The Kier molecular flexibility index (Phi) is 6.50. The normalized spacial score (nSPS) is 11.9. The van der Waals surface area contributed by atoms with E-state index in [2.05, 4.69) is 10.6 Å². The third-order valence-electron chi connectivity index (χ3n) is 4.04. The van der Waals surface area contributed by atoms with Crippen molar-refractivity contribution in [3.05, 3.63) is 70.5 Å². The van der Waals surface area contributed by atoms with Crippen LogP contribution in [0.25, 0.3) is 0 Å². The number of hydrogen-bond donors (Lipinski definition) is 2. The summed E-state index contributed by atoms with van der Waals surface area (Å²) in [4.78, 5) is 24.5. The van der Waals surface area contributed by atoms with Crippen LogP contribution in [0, 0.1) is 12.7 Å². The molecule has 0 saturated heterocycles. The molecule has 138 valence electrons. The molecule has 0 bridgehead atoms. The van der Waals surface area contributed by atoms with Crippen molar-refractivity contribution in [3.63, 3.8) is 0 Å². The van der Waals surface area contributed by atoms with Gasteiger partial charge in [-0.05, 0) is 57.4 Å². The highest BCUT2D eigenvalue weighted by Crippen LogP contribution is 2.16. The largest absolute Gasteiger partial charge is 0.350 e. The number of rotatable bonds is 6. The van der Waals surface area contributed by atoms with Crippen molar-refractivity contribution in [2.45, 2.75) is 46.2 Å². The number of aryl methyl sites for hydroxylation is 1. The van der Waals surface area contributed by atoms with Gasteiger partial charge in [-0.3, -0.25) is 9.59 Å². The maximum atomic E-state index is 14.7. The predicted molar refractivity (Wildman–Crippen MR) is 101 cm³/mol. The second-order valence-electron chi connectivity index (χ2n) is 6.80. The van der Waals surface area contributed by atoms with Crippen LogP contribution in [0.15, 0.2) is 42.5 Å². The van der Waals surface area contributed by atoms with Gasteiger partial charge in [0.2, 0.25) is 0 Å². The summed E-state index contributed by atoms with van der Waals surface area (Å²) in [6.07, 6.45) is 0.298. The average molecular weight is 356 g/mol. The average Bonchev–Trinajstić information content (AvgIpc) is 2.56. The fraction of sp³-hybridized carbons (Fsp3) is 0.333. The van der Waals surface area contributed by atoms with Crippen molar-refractivity contribution in [1.82, 2.24) is 10.6 Å². The van der Waals surface area contributed by atoms with Gasteiger partial charge in [0.1, 0.15) is 5.82 Å². The number of hydrogen-bond acceptors (Lipinski definition) is 2. The number of carbonyl (C=O) groups excluding carboxylic acids is 2. The maximum absolute atomic E-state index is 14.7. The highest BCUT2D eigenvalue weighted by atomic mass is 19.1. The highest BCUT2D eigenvalue weighted by molar-refractivity contribution is 5.96. The van der Waals surface area contributed by atoms with E-state index in [-0.39, 0.29) is 23.6 Å². The van der Waals surface area contributed by atoms with Gasteiger partial charge in [0.15, 0.2) is 0 Å². The highest BCUT2D eigenvalue weighted by Gasteiger charge is 2.18. The van der Waals surface area contributed by atoms with Gasteiger partial charge in [0, 0.05) is 17.6 Å². The lowest BCUT2D eigenvalue weighted by Gasteiger charge is -2.16. The first kappa shape index (κ1) is 19.6. The Hall–Kier alpha value is -2.69. The zero-order valence-electron chi connectivity index (χ0n) is 15.6. The van der Waals surface area contributed by atoms with Crippen molar-refractivity contribution in [2.75, 3.05) is 0 Å². The molecule has 0 aromatic heterocycles. The molecule has 0 fully saturated rings. The molecular formula is C21H25FN2O2. The Morgan fingerprint density at radius 3 is 2.19 bits per heavy atom. The minimum Gasteiger partial charge on any atom is -0.350 e. The molecule has 0 aliphatic heterocycles. The van der Waals surface area contributed by atoms with Crippen LogP contribution in [0.2, 0.25) is 0 Å². The van der Waals surface area contributed by atoms with E-state index in [4.69, 9.17) is 0 Å². The Bertz CT molecular complexity index is 802. The molecule has 0 aliphatic rings. The van der Waals surface area contributed by atoms with Gasteiger partial charge < -0.3 is 10.6 Å². The zero-order chi connectivity index (χ0) is 19.3. The monoisotopic (exact) mass is 356 g/mol.